The number of benzene rings is 2. The molecule has 0 aliphatic rings. The molecule has 0 saturated heterocycles. The second-order valence-corrected chi connectivity index (χ2v) is 5.57. The summed E-state index contributed by atoms with van der Waals surface area (Å²) in [6.45, 7) is 4.03. The van der Waals surface area contributed by atoms with Gasteiger partial charge >= 0.3 is 0 Å². The summed E-state index contributed by atoms with van der Waals surface area (Å²) >= 11 is 0. The van der Waals surface area contributed by atoms with Gasteiger partial charge in [-0.1, -0.05) is 24.3 Å². The lowest BCUT2D eigenvalue weighted by atomic mass is 10.1. The zero-order valence-corrected chi connectivity index (χ0v) is 18.6. The molecule has 0 unspecified atom stereocenters. The molecule has 0 aliphatic heterocycles. The molecule has 6 nitrogen and oxygen atoms in total. The van der Waals surface area contributed by atoms with Crippen LogP contribution in [-0.2, 0) is 17.9 Å². The fourth-order valence-corrected chi connectivity index (χ4v) is 2.39. The van der Waals surface area contributed by atoms with Crippen LogP contribution in [0.2, 0.25) is 0 Å². The van der Waals surface area contributed by atoms with Crippen LogP contribution >= 0.6 is 24.0 Å². The molecule has 2 N–H and O–H groups in total. The van der Waals surface area contributed by atoms with Crippen LogP contribution in [-0.4, -0.2) is 33.8 Å². The highest BCUT2D eigenvalue weighted by molar-refractivity contribution is 14.0. The van der Waals surface area contributed by atoms with Crippen molar-refractivity contribution < 1.29 is 14.2 Å². The summed E-state index contributed by atoms with van der Waals surface area (Å²) in [7, 11) is 4.97. The molecule has 0 amide bonds. The number of anilines is 1. The van der Waals surface area contributed by atoms with Gasteiger partial charge in [0.2, 0.25) is 0 Å². The molecule has 0 aromatic heterocycles. The molecule has 0 atom stereocenters. The smallest absolute Gasteiger partial charge is 0.195 e. The summed E-state index contributed by atoms with van der Waals surface area (Å²) < 4.78 is 16.0. The van der Waals surface area contributed by atoms with Crippen LogP contribution in [0.5, 0.6) is 11.5 Å². The predicted octanol–water partition coefficient (Wildman–Crippen LogP) is 4.05. The third-order valence-electron chi connectivity index (χ3n) is 3.83. The van der Waals surface area contributed by atoms with Gasteiger partial charge in [-0.15, -0.1) is 24.0 Å². The molecular weight excluding hydrogens is 457 g/mol. The SMILES string of the molecule is CCOCc1ccc(CNC(=NC)Nc2ccc(OC)c(OC)c2)cc1.I. The number of ether oxygens (including phenoxy) is 3. The molecule has 7 heteroatoms. The first kappa shape index (κ1) is 23.0. The average Bonchev–Trinajstić information content (AvgIpc) is 2.70. The number of aliphatic imine (C=N–C) groups is 1. The summed E-state index contributed by atoms with van der Waals surface area (Å²) in [4.78, 5) is 4.26. The van der Waals surface area contributed by atoms with Crippen molar-refractivity contribution in [3.63, 3.8) is 0 Å². The maximum Gasteiger partial charge on any atom is 0.195 e. The van der Waals surface area contributed by atoms with Crippen molar-refractivity contribution in [3.8, 4) is 11.5 Å². The molecule has 2 rings (SSSR count). The van der Waals surface area contributed by atoms with Crippen LogP contribution in [0.15, 0.2) is 47.5 Å². The number of hydrogen-bond acceptors (Lipinski definition) is 4. The monoisotopic (exact) mass is 485 g/mol. The van der Waals surface area contributed by atoms with E-state index in [0.717, 1.165) is 12.3 Å². The Bertz CT molecular complexity index is 721. The fraction of sp³-hybridized carbons (Fsp3) is 0.350. The number of nitrogens with one attached hydrogen (secondary N) is 2. The van der Waals surface area contributed by atoms with Gasteiger partial charge in [-0.3, -0.25) is 4.99 Å². The highest BCUT2D eigenvalue weighted by Gasteiger charge is 2.06. The quantitative estimate of drug-likeness (QED) is 0.336. The van der Waals surface area contributed by atoms with Gasteiger partial charge in [-0.2, -0.15) is 0 Å². The third-order valence-corrected chi connectivity index (χ3v) is 3.83. The summed E-state index contributed by atoms with van der Waals surface area (Å²) in [5, 5.41) is 6.55. The summed E-state index contributed by atoms with van der Waals surface area (Å²) in [5.74, 6) is 2.03. The maximum atomic E-state index is 5.41. The van der Waals surface area contributed by atoms with Crippen LogP contribution in [0.1, 0.15) is 18.1 Å². The summed E-state index contributed by atoms with van der Waals surface area (Å²) in [6.07, 6.45) is 0. The van der Waals surface area contributed by atoms with Crippen LogP contribution in [0.3, 0.4) is 0 Å². The molecule has 2 aromatic rings. The van der Waals surface area contributed by atoms with E-state index in [1.54, 1.807) is 21.3 Å². The van der Waals surface area contributed by atoms with Gasteiger partial charge < -0.3 is 24.8 Å². The third kappa shape index (κ3) is 7.26. The minimum atomic E-state index is 0. The van der Waals surface area contributed by atoms with E-state index in [-0.39, 0.29) is 24.0 Å². The van der Waals surface area contributed by atoms with Gasteiger partial charge in [0.05, 0.1) is 20.8 Å². The Kier molecular flexibility index (Phi) is 10.6. The van der Waals surface area contributed by atoms with Crippen molar-refractivity contribution in [2.75, 3.05) is 33.2 Å². The molecule has 0 heterocycles. The topological polar surface area (TPSA) is 64.1 Å². The van der Waals surface area contributed by atoms with Crippen molar-refractivity contribution in [2.24, 2.45) is 4.99 Å². The Morgan fingerprint density at radius 2 is 1.63 bits per heavy atom. The zero-order valence-electron chi connectivity index (χ0n) is 16.2. The average molecular weight is 485 g/mol. The molecule has 27 heavy (non-hydrogen) atoms. The first-order valence-electron chi connectivity index (χ1n) is 8.55. The largest absolute Gasteiger partial charge is 0.493 e. The first-order chi connectivity index (χ1) is 12.7. The van der Waals surface area contributed by atoms with Crippen LogP contribution < -0.4 is 20.1 Å². The number of halogens is 1. The minimum absolute atomic E-state index is 0. The molecule has 0 spiro atoms. The number of hydrogen-bond donors (Lipinski definition) is 2. The first-order valence-corrected chi connectivity index (χ1v) is 8.55. The van der Waals surface area contributed by atoms with E-state index in [0.29, 0.717) is 30.6 Å². The Morgan fingerprint density at radius 3 is 2.22 bits per heavy atom. The van der Waals surface area contributed by atoms with Crippen molar-refractivity contribution in [2.45, 2.75) is 20.1 Å². The number of rotatable bonds is 8. The number of methoxy groups -OCH3 is 2. The predicted molar refractivity (Wildman–Crippen MR) is 121 cm³/mol. The van der Waals surface area contributed by atoms with Crippen LogP contribution in [0, 0.1) is 0 Å². The molecule has 0 saturated carbocycles. The van der Waals surface area contributed by atoms with Crippen molar-refractivity contribution in [3.05, 3.63) is 53.6 Å². The Labute approximate surface area is 178 Å². The van der Waals surface area contributed by atoms with Crippen molar-refractivity contribution >= 4 is 35.6 Å². The van der Waals surface area contributed by atoms with Gasteiger partial charge in [0.15, 0.2) is 17.5 Å². The van der Waals surface area contributed by atoms with E-state index in [1.165, 1.54) is 11.1 Å². The molecule has 0 radical (unpaired) electrons. The van der Waals surface area contributed by atoms with Gasteiger partial charge in [0.1, 0.15) is 0 Å². The maximum absolute atomic E-state index is 5.41. The molecule has 0 aliphatic carbocycles. The number of guanidine groups is 1. The highest BCUT2D eigenvalue weighted by Crippen LogP contribution is 2.29. The summed E-state index contributed by atoms with van der Waals surface area (Å²) in [5.41, 5.74) is 3.20. The van der Waals surface area contributed by atoms with Crippen LogP contribution in [0.25, 0.3) is 0 Å². The second-order valence-electron chi connectivity index (χ2n) is 5.57. The van der Waals surface area contributed by atoms with Crippen LogP contribution in [0.4, 0.5) is 5.69 Å². The lowest BCUT2D eigenvalue weighted by molar-refractivity contribution is 0.134. The molecule has 2 aromatic carbocycles. The Hall–Kier alpha value is -2.00. The minimum Gasteiger partial charge on any atom is -0.493 e. The van der Waals surface area contributed by atoms with E-state index in [2.05, 4.69) is 39.9 Å². The van der Waals surface area contributed by atoms with E-state index in [1.807, 2.05) is 25.1 Å². The van der Waals surface area contributed by atoms with Crippen molar-refractivity contribution in [1.82, 2.24) is 5.32 Å². The standard InChI is InChI=1S/C20H27N3O3.HI/c1-5-26-14-16-8-6-15(7-9-16)13-22-20(21-2)23-17-10-11-18(24-3)19(12-17)25-4;/h6-12H,5,13-14H2,1-4H3,(H2,21,22,23);1H. The zero-order chi connectivity index (χ0) is 18.8. The number of nitrogens with zero attached hydrogens (tertiary/aromatic N) is 1. The van der Waals surface area contributed by atoms with Gasteiger partial charge in [-0.05, 0) is 30.2 Å². The van der Waals surface area contributed by atoms with Gasteiger partial charge in [0.25, 0.3) is 0 Å². The fourth-order valence-electron chi connectivity index (χ4n) is 2.39. The van der Waals surface area contributed by atoms with Gasteiger partial charge in [-0.25, -0.2) is 0 Å². The van der Waals surface area contributed by atoms with E-state index >= 15 is 0 Å². The van der Waals surface area contributed by atoms with E-state index in [4.69, 9.17) is 14.2 Å². The normalized spacial score (nSPS) is 10.7. The van der Waals surface area contributed by atoms with Gasteiger partial charge in [0, 0.05) is 32.0 Å². The second kappa shape index (κ2) is 12.4. The molecule has 0 fully saturated rings. The highest BCUT2D eigenvalue weighted by atomic mass is 127. The lowest BCUT2D eigenvalue weighted by Crippen LogP contribution is -2.30. The van der Waals surface area contributed by atoms with E-state index < -0.39 is 0 Å². The Balaban J connectivity index is 0.00000364. The molecular formula is C20H28IN3O3. The summed E-state index contributed by atoms with van der Waals surface area (Å²) in [6, 6.07) is 14.0. The molecule has 148 valence electrons. The van der Waals surface area contributed by atoms with Crippen molar-refractivity contribution in [1.29, 1.82) is 0 Å². The lowest BCUT2D eigenvalue weighted by Gasteiger charge is -2.14. The Morgan fingerprint density at radius 1 is 0.963 bits per heavy atom. The van der Waals surface area contributed by atoms with E-state index in [9.17, 15) is 0 Å². The molecule has 0 bridgehead atoms.